The summed E-state index contributed by atoms with van der Waals surface area (Å²) in [6, 6.07) is -0.429. The van der Waals surface area contributed by atoms with Crippen molar-refractivity contribution in [2.45, 2.75) is 38.8 Å². The Morgan fingerprint density at radius 1 is 1.57 bits per heavy atom. The zero-order valence-corrected chi connectivity index (χ0v) is 9.03. The first-order chi connectivity index (χ1) is 6.31. The van der Waals surface area contributed by atoms with E-state index >= 15 is 0 Å². The zero-order chi connectivity index (χ0) is 10.9. The molecule has 0 radical (unpaired) electrons. The molecular weight excluding hydrogens is 182 g/mol. The monoisotopic (exact) mass is 201 g/mol. The maximum atomic E-state index is 11.0. The van der Waals surface area contributed by atoms with Crippen LogP contribution in [0.1, 0.15) is 27.2 Å². The standard InChI is InChI=1S/C10H19NO3/c1-7-4-5-11(6-10(2,3)14)8(7)9(12)13/h7-8,14H,4-6H2,1-3H3,(H,12,13). The molecule has 0 bridgehead atoms. The van der Waals surface area contributed by atoms with Crippen molar-refractivity contribution in [1.29, 1.82) is 0 Å². The van der Waals surface area contributed by atoms with E-state index in [1.165, 1.54) is 0 Å². The molecule has 2 unspecified atom stereocenters. The number of carboxylic acids is 1. The van der Waals surface area contributed by atoms with E-state index in [-0.39, 0.29) is 5.92 Å². The lowest BCUT2D eigenvalue weighted by Gasteiger charge is -2.29. The molecule has 1 heterocycles. The summed E-state index contributed by atoms with van der Waals surface area (Å²) in [5.74, 6) is -0.603. The van der Waals surface area contributed by atoms with E-state index in [1.807, 2.05) is 11.8 Å². The van der Waals surface area contributed by atoms with Crippen LogP contribution in [0.2, 0.25) is 0 Å². The van der Waals surface area contributed by atoms with Crippen LogP contribution in [-0.2, 0) is 4.79 Å². The number of hydrogen-bond acceptors (Lipinski definition) is 3. The van der Waals surface area contributed by atoms with Gasteiger partial charge in [-0.15, -0.1) is 0 Å². The Balaban J connectivity index is 2.65. The highest BCUT2D eigenvalue weighted by atomic mass is 16.4. The summed E-state index contributed by atoms with van der Waals surface area (Å²) in [4.78, 5) is 12.8. The van der Waals surface area contributed by atoms with Gasteiger partial charge in [-0.2, -0.15) is 0 Å². The van der Waals surface area contributed by atoms with Crippen molar-refractivity contribution in [3.63, 3.8) is 0 Å². The van der Waals surface area contributed by atoms with Gasteiger partial charge in [-0.05, 0) is 32.7 Å². The summed E-state index contributed by atoms with van der Waals surface area (Å²) >= 11 is 0. The van der Waals surface area contributed by atoms with E-state index in [0.717, 1.165) is 13.0 Å². The highest BCUT2D eigenvalue weighted by molar-refractivity contribution is 5.74. The predicted octanol–water partition coefficient (Wildman–Crippen LogP) is 0.552. The molecule has 0 aliphatic carbocycles. The first-order valence-corrected chi connectivity index (χ1v) is 5.00. The maximum Gasteiger partial charge on any atom is 0.321 e. The van der Waals surface area contributed by atoms with Gasteiger partial charge in [0.25, 0.3) is 0 Å². The topological polar surface area (TPSA) is 60.8 Å². The average Bonchev–Trinajstić information content (AvgIpc) is 2.27. The Hall–Kier alpha value is -0.610. The Morgan fingerprint density at radius 2 is 2.14 bits per heavy atom. The van der Waals surface area contributed by atoms with Crippen LogP contribution in [0.3, 0.4) is 0 Å². The Morgan fingerprint density at radius 3 is 2.57 bits per heavy atom. The van der Waals surface area contributed by atoms with Crippen LogP contribution in [0.25, 0.3) is 0 Å². The molecule has 0 aromatic rings. The van der Waals surface area contributed by atoms with Gasteiger partial charge in [-0.25, -0.2) is 0 Å². The maximum absolute atomic E-state index is 11.0. The fourth-order valence-corrected chi connectivity index (χ4v) is 2.10. The highest BCUT2D eigenvalue weighted by Gasteiger charge is 2.38. The minimum absolute atomic E-state index is 0.176. The number of rotatable bonds is 3. The van der Waals surface area contributed by atoms with E-state index < -0.39 is 17.6 Å². The number of nitrogens with zero attached hydrogens (tertiary/aromatic N) is 1. The van der Waals surface area contributed by atoms with E-state index in [9.17, 15) is 9.90 Å². The molecule has 0 saturated carbocycles. The minimum Gasteiger partial charge on any atom is -0.480 e. The molecule has 2 atom stereocenters. The molecule has 0 aromatic carbocycles. The molecule has 14 heavy (non-hydrogen) atoms. The van der Waals surface area contributed by atoms with E-state index in [0.29, 0.717) is 6.54 Å². The van der Waals surface area contributed by atoms with Crippen LogP contribution in [0, 0.1) is 5.92 Å². The lowest BCUT2D eigenvalue weighted by molar-refractivity contribution is -0.144. The van der Waals surface area contributed by atoms with Crippen molar-refractivity contribution in [2.75, 3.05) is 13.1 Å². The molecule has 1 aliphatic rings. The summed E-state index contributed by atoms with van der Waals surface area (Å²) in [7, 11) is 0. The summed E-state index contributed by atoms with van der Waals surface area (Å²) in [5, 5.41) is 18.7. The molecule has 2 N–H and O–H groups in total. The van der Waals surface area contributed by atoms with Gasteiger partial charge in [0.05, 0.1) is 5.60 Å². The fourth-order valence-electron chi connectivity index (χ4n) is 2.10. The van der Waals surface area contributed by atoms with E-state index in [4.69, 9.17) is 5.11 Å². The van der Waals surface area contributed by atoms with Gasteiger partial charge in [0, 0.05) is 6.54 Å². The van der Waals surface area contributed by atoms with E-state index in [1.54, 1.807) is 13.8 Å². The van der Waals surface area contributed by atoms with Crippen LogP contribution < -0.4 is 0 Å². The number of carboxylic acid groups (broad SMARTS) is 1. The molecule has 1 rings (SSSR count). The molecule has 4 heteroatoms. The second-order valence-electron chi connectivity index (χ2n) is 4.83. The first kappa shape index (κ1) is 11.5. The van der Waals surface area contributed by atoms with Crippen molar-refractivity contribution in [3.05, 3.63) is 0 Å². The summed E-state index contributed by atoms with van der Waals surface area (Å²) in [5.41, 5.74) is -0.822. The molecule has 0 spiro atoms. The van der Waals surface area contributed by atoms with Crippen LogP contribution in [0.4, 0.5) is 0 Å². The predicted molar refractivity (Wildman–Crippen MR) is 53.1 cm³/mol. The number of carbonyl (C=O) groups is 1. The molecule has 1 saturated heterocycles. The number of likely N-dealkylation sites (tertiary alicyclic amines) is 1. The fraction of sp³-hybridized carbons (Fsp3) is 0.900. The van der Waals surface area contributed by atoms with Crippen molar-refractivity contribution < 1.29 is 15.0 Å². The Bertz CT molecular complexity index is 222. The summed E-state index contributed by atoms with van der Waals surface area (Å²) < 4.78 is 0. The Kier molecular flexibility index (Phi) is 3.17. The van der Waals surface area contributed by atoms with Crippen molar-refractivity contribution in [1.82, 2.24) is 4.90 Å². The third-order valence-electron chi connectivity index (χ3n) is 2.65. The molecule has 1 aliphatic heterocycles. The summed E-state index contributed by atoms with van der Waals surface area (Å²) in [6.45, 7) is 6.55. The second kappa shape index (κ2) is 3.87. The van der Waals surface area contributed by atoms with Gasteiger partial charge in [0.15, 0.2) is 0 Å². The lowest BCUT2D eigenvalue weighted by Crippen LogP contribution is -2.45. The van der Waals surface area contributed by atoms with Crippen molar-refractivity contribution in [2.24, 2.45) is 5.92 Å². The molecular formula is C10H19NO3. The second-order valence-corrected chi connectivity index (χ2v) is 4.83. The number of aliphatic carboxylic acids is 1. The number of β-amino-alcohol motifs (C(OH)–C–C–N with tert-alkyl or cyclic N) is 1. The van der Waals surface area contributed by atoms with Gasteiger partial charge >= 0.3 is 5.97 Å². The third kappa shape index (κ3) is 2.69. The molecule has 82 valence electrons. The highest BCUT2D eigenvalue weighted by Crippen LogP contribution is 2.25. The van der Waals surface area contributed by atoms with Crippen LogP contribution >= 0.6 is 0 Å². The lowest BCUT2D eigenvalue weighted by atomic mass is 10.0. The Labute approximate surface area is 84.5 Å². The van der Waals surface area contributed by atoms with Crippen molar-refractivity contribution in [3.8, 4) is 0 Å². The van der Waals surface area contributed by atoms with Crippen LogP contribution in [0.15, 0.2) is 0 Å². The SMILES string of the molecule is CC1CCN(CC(C)(C)O)C1C(=O)O. The minimum atomic E-state index is -0.822. The third-order valence-corrected chi connectivity index (χ3v) is 2.65. The molecule has 1 fully saturated rings. The van der Waals surface area contributed by atoms with Gasteiger partial charge in [-0.1, -0.05) is 6.92 Å². The largest absolute Gasteiger partial charge is 0.480 e. The number of aliphatic hydroxyl groups is 1. The van der Waals surface area contributed by atoms with Crippen molar-refractivity contribution >= 4 is 5.97 Å². The average molecular weight is 201 g/mol. The summed E-state index contributed by atoms with van der Waals surface area (Å²) in [6.07, 6.45) is 0.896. The molecule has 4 nitrogen and oxygen atoms in total. The van der Waals surface area contributed by atoms with Gasteiger partial charge < -0.3 is 10.2 Å². The van der Waals surface area contributed by atoms with Gasteiger partial charge in [-0.3, -0.25) is 9.69 Å². The normalized spacial score (nSPS) is 29.4. The van der Waals surface area contributed by atoms with E-state index in [2.05, 4.69) is 0 Å². The number of hydrogen-bond donors (Lipinski definition) is 2. The van der Waals surface area contributed by atoms with Gasteiger partial charge in [0.1, 0.15) is 6.04 Å². The molecule has 0 amide bonds. The van der Waals surface area contributed by atoms with Crippen LogP contribution in [0.5, 0.6) is 0 Å². The molecule has 0 aromatic heterocycles. The smallest absolute Gasteiger partial charge is 0.321 e. The zero-order valence-electron chi connectivity index (χ0n) is 9.03. The first-order valence-electron chi connectivity index (χ1n) is 5.00. The van der Waals surface area contributed by atoms with Crippen LogP contribution in [-0.4, -0.2) is 45.8 Å². The van der Waals surface area contributed by atoms with Gasteiger partial charge in [0.2, 0.25) is 0 Å². The quantitative estimate of drug-likeness (QED) is 0.700.